The SMILES string of the molecule is CC(C)n1ccc(NC(=O)NCC(F)(F)F)n1. The van der Waals surface area contributed by atoms with Gasteiger partial charge in [0.05, 0.1) is 0 Å². The van der Waals surface area contributed by atoms with E-state index in [9.17, 15) is 18.0 Å². The van der Waals surface area contributed by atoms with Crippen molar-refractivity contribution >= 4 is 11.8 Å². The van der Waals surface area contributed by atoms with Gasteiger partial charge in [0.15, 0.2) is 5.82 Å². The van der Waals surface area contributed by atoms with Gasteiger partial charge in [0.25, 0.3) is 0 Å². The Morgan fingerprint density at radius 1 is 1.53 bits per heavy atom. The smallest absolute Gasteiger partial charge is 0.329 e. The molecule has 5 nitrogen and oxygen atoms in total. The summed E-state index contributed by atoms with van der Waals surface area (Å²) < 4.78 is 37.0. The Labute approximate surface area is 96.0 Å². The van der Waals surface area contributed by atoms with Crippen molar-refractivity contribution in [1.82, 2.24) is 15.1 Å². The molecular formula is C9H13F3N4O. The number of hydrogen-bond acceptors (Lipinski definition) is 2. The first-order chi connectivity index (χ1) is 7.78. The highest BCUT2D eigenvalue weighted by Crippen LogP contribution is 2.12. The van der Waals surface area contributed by atoms with Gasteiger partial charge in [0.2, 0.25) is 0 Å². The summed E-state index contributed by atoms with van der Waals surface area (Å²) >= 11 is 0. The number of anilines is 1. The number of hydrogen-bond donors (Lipinski definition) is 2. The lowest BCUT2D eigenvalue weighted by Gasteiger charge is -2.08. The van der Waals surface area contributed by atoms with Crippen molar-refractivity contribution in [1.29, 1.82) is 0 Å². The van der Waals surface area contributed by atoms with Crippen molar-refractivity contribution in [3.63, 3.8) is 0 Å². The Morgan fingerprint density at radius 2 is 2.18 bits per heavy atom. The number of rotatable bonds is 3. The van der Waals surface area contributed by atoms with Crippen LogP contribution in [0.2, 0.25) is 0 Å². The number of urea groups is 1. The van der Waals surface area contributed by atoms with E-state index in [1.807, 2.05) is 13.8 Å². The zero-order chi connectivity index (χ0) is 13.1. The summed E-state index contributed by atoms with van der Waals surface area (Å²) in [5.41, 5.74) is 0. The summed E-state index contributed by atoms with van der Waals surface area (Å²) in [4.78, 5) is 11.1. The first-order valence-corrected chi connectivity index (χ1v) is 4.94. The molecule has 0 aliphatic carbocycles. The van der Waals surface area contributed by atoms with Gasteiger partial charge >= 0.3 is 12.2 Å². The molecule has 96 valence electrons. The summed E-state index contributed by atoms with van der Waals surface area (Å²) in [6, 6.07) is 0.688. The predicted octanol–water partition coefficient (Wildman–Crippen LogP) is 2.15. The lowest BCUT2D eigenvalue weighted by atomic mass is 10.4. The maximum Gasteiger partial charge on any atom is 0.405 e. The number of nitrogens with one attached hydrogen (secondary N) is 2. The Hall–Kier alpha value is -1.73. The van der Waals surface area contributed by atoms with Crippen LogP contribution in [0.15, 0.2) is 12.3 Å². The Morgan fingerprint density at radius 3 is 2.65 bits per heavy atom. The number of carbonyl (C=O) groups excluding carboxylic acids is 1. The minimum atomic E-state index is -4.42. The molecule has 1 aromatic rings. The molecule has 2 N–H and O–H groups in total. The highest BCUT2D eigenvalue weighted by Gasteiger charge is 2.27. The lowest BCUT2D eigenvalue weighted by Crippen LogP contribution is -2.36. The molecule has 17 heavy (non-hydrogen) atoms. The topological polar surface area (TPSA) is 59.0 Å². The van der Waals surface area contributed by atoms with Crippen LogP contribution in [-0.2, 0) is 0 Å². The standard InChI is InChI=1S/C9H13F3N4O/c1-6(2)16-4-3-7(15-16)14-8(17)13-5-9(10,11)12/h3-4,6H,5H2,1-2H3,(H2,13,14,15,17). The fraction of sp³-hybridized carbons (Fsp3) is 0.556. The molecule has 0 aliphatic heterocycles. The van der Waals surface area contributed by atoms with Crippen LogP contribution < -0.4 is 10.6 Å². The molecule has 0 saturated heterocycles. The maximum atomic E-state index is 11.8. The molecular weight excluding hydrogens is 237 g/mol. The molecule has 0 aromatic carbocycles. The van der Waals surface area contributed by atoms with Crippen LogP contribution in [0.5, 0.6) is 0 Å². The number of carbonyl (C=O) groups is 1. The second-order valence-electron chi connectivity index (χ2n) is 3.70. The Kier molecular flexibility index (Phi) is 3.97. The highest BCUT2D eigenvalue weighted by atomic mass is 19.4. The van der Waals surface area contributed by atoms with Crippen molar-refractivity contribution < 1.29 is 18.0 Å². The molecule has 0 saturated carbocycles. The zero-order valence-electron chi connectivity index (χ0n) is 9.38. The van der Waals surface area contributed by atoms with Crippen LogP contribution in [0.1, 0.15) is 19.9 Å². The maximum absolute atomic E-state index is 11.8. The third-order valence-corrected chi connectivity index (χ3v) is 1.83. The summed E-state index contributed by atoms with van der Waals surface area (Å²) in [7, 11) is 0. The summed E-state index contributed by atoms with van der Waals surface area (Å²) in [5, 5.41) is 7.85. The summed E-state index contributed by atoms with van der Waals surface area (Å²) in [6.45, 7) is 2.41. The molecule has 0 bridgehead atoms. The number of amides is 2. The number of alkyl halides is 3. The second-order valence-corrected chi connectivity index (χ2v) is 3.70. The quantitative estimate of drug-likeness (QED) is 0.863. The second kappa shape index (κ2) is 5.07. The van der Waals surface area contributed by atoms with Gasteiger partial charge in [-0.05, 0) is 13.8 Å². The van der Waals surface area contributed by atoms with Crippen LogP contribution >= 0.6 is 0 Å². The van der Waals surface area contributed by atoms with E-state index in [0.717, 1.165) is 0 Å². The summed E-state index contributed by atoms with van der Waals surface area (Å²) in [5.74, 6) is 0.207. The molecule has 1 heterocycles. The molecule has 8 heteroatoms. The third kappa shape index (κ3) is 4.75. The Bertz CT molecular complexity index is 386. The van der Waals surface area contributed by atoms with Crippen LogP contribution in [-0.4, -0.2) is 28.5 Å². The van der Waals surface area contributed by atoms with Crippen molar-refractivity contribution in [3.05, 3.63) is 12.3 Å². The molecule has 0 atom stereocenters. The number of halogens is 3. The van der Waals surface area contributed by atoms with E-state index >= 15 is 0 Å². The van der Waals surface area contributed by atoms with Gasteiger partial charge in [-0.15, -0.1) is 0 Å². The van der Waals surface area contributed by atoms with E-state index in [4.69, 9.17) is 0 Å². The van der Waals surface area contributed by atoms with E-state index in [2.05, 4.69) is 10.4 Å². The van der Waals surface area contributed by atoms with Gasteiger partial charge in [-0.3, -0.25) is 10.00 Å². The third-order valence-electron chi connectivity index (χ3n) is 1.83. The predicted molar refractivity (Wildman–Crippen MR) is 55.7 cm³/mol. The molecule has 0 fully saturated rings. The van der Waals surface area contributed by atoms with Crippen LogP contribution in [0, 0.1) is 0 Å². The van der Waals surface area contributed by atoms with Crippen molar-refractivity contribution in [2.45, 2.75) is 26.1 Å². The van der Waals surface area contributed by atoms with E-state index < -0.39 is 18.8 Å². The van der Waals surface area contributed by atoms with E-state index in [-0.39, 0.29) is 11.9 Å². The van der Waals surface area contributed by atoms with Crippen LogP contribution in [0.4, 0.5) is 23.8 Å². The van der Waals surface area contributed by atoms with Crippen LogP contribution in [0.3, 0.4) is 0 Å². The van der Waals surface area contributed by atoms with Gasteiger partial charge < -0.3 is 5.32 Å². The normalized spacial score (nSPS) is 11.6. The van der Waals surface area contributed by atoms with Crippen LogP contribution in [0.25, 0.3) is 0 Å². The van der Waals surface area contributed by atoms with E-state index in [0.29, 0.717) is 0 Å². The molecule has 0 aliphatic rings. The van der Waals surface area contributed by atoms with Gasteiger partial charge in [-0.25, -0.2) is 4.79 Å². The minimum Gasteiger partial charge on any atom is -0.329 e. The number of nitrogens with zero attached hydrogens (tertiary/aromatic N) is 2. The fourth-order valence-corrected chi connectivity index (χ4v) is 1.03. The Balaban J connectivity index is 2.45. The number of aromatic nitrogens is 2. The first kappa shape index (κ1) is 13.3. The molecule has 0 spiro atoms. The van der Waals surface area contributed by atoms with E-state index in [1.165, 1.54) is 6.07 Å². The largest absolute Gasteiger partial charge is 0.405 e. The molecule has 2 amide bonds. The zero-order valence-corrected chi connectivity index (χ0v) is 9.38. The monoisotopic (exact) mass is 250 g/mol. The lowest BCUT2D eigenvalue weighted by molar-refractivity contribution is -0.122. The van der Waals surface area contributed by atoms with E-state index in [1.54, 1.807) is 16.2 Å². The highest BCUT2D eigenvalue weighted by molar-refractivity contribution is 5.88. The molecule has 0 radical (unpaired) electrons. The van der Waals surface area contributed by atoms with Gasteiger partial charge in [-0.1, -0.05) is 0 Å². The molecule has 1 aromatic heterocycles. The molecule has 1 rings (SSSR count). The van der Waals surface area contributed by atoms with Crippen molar-refractivity contribution in [2.75, 3.05) is 11.9 Å². The van der Waals surface area contributed by atoms with Crippen molar-refractivity contribution in [3.8, 4) is 0 Å². The average Bonchev–Trinajstić information content (AvgIpc) is 2.62. The average molecular weight is 250 g/mol. The fourth-order valence-electron chi connectivity index (χ4n) is 1.03. The van der Waals surface area contributed by atoms with Gasteiger partial charge in [0.1, 0.15) is 6.54 Å². The van der Waals surface area contributed by atoms with Crippen molar-refractivity contribution in [2.24, 2.45) is 0 Å². The van der Waals surface area contributed by atoms with Gasteiger partial charge in [0, 0.05) is 18.3 Å². The summed E-state index contributed by atoms with van der Waals surface area (Å²) in [6.07, 6.45) is -2.79. The minimum absolute atomic E-state index is 0.115. The first-order valence-electron chi connectivity index (χ1n) is 4.94. The molecule has 0 unspecified atom stereocenters. The van der Waals surface area contributed by atoms with Gasteiger partial charge in [-0.2, -0.15) is 18.3 Å².